The summed E-state index contributed by atoms with van der Waals surface area (Å²) in [5.74, 6) is 0.399. The number of nitrogens with zero attached hydrogens (tertiary/aromatic N) is 2. The highest BCUT2D eigenvalue weighted by molar-refractivity contribution is 5.95. The van der Waals surface area contributed by atoms with Crippen LogP contribution >= 0.6 is 0 Å². The van der Waals surface area contributed by atoms with E-state index in [-0.39, 0.29) is 17.9 Å². The van der Waals surface area contributed by atoms with E-state index in [0.717, 1.165) is 49.4 Å². The van der Waals surface area contributed by atoms with Crippen LogP contribution in [0.15, 0.2) is 36.4 Å². The number of aliphatic hydroxyl groups is 1. The maximum absolute atomic E-state index is 12.9. The van der Waals surface area contributed by atoms with Crippen molar-refractivity contribution < 1.29 is 9.90 Å². The molecule has 0 radical (unpaired) electrons. The minimum Gasteiger partial charge on any atom is -0.392 e. The standard InChI is InChI=1S/C22H30N2O2/c1-4-24-16(2)14-20(17(24)3)22(26)23-12-10-19(11-13-23)21(25)15-18-8-6-5-7-9-18/h5-9,14,19,21,25H,4,10-13,15H2,1-3H3/t21-/m0/s1. The Kier molecular flexibility index (Phi) is 5.82. The second kappa shape index (κ2) is 8.09. The molecular weight excluding hydrogens is 324 g/mol. The van der Waals surface area contributed by atoms with Gasteiger partial charge in [-0.05, 0) is 57.6 Å². The number of aryl methyl sites for hydroxylation is 1. The first kappa shape index (κ1) is 18.7. The molecule has 1 amide bonds. The molecule has 2 aromatic rings. The van der Waals surface area contributed by atoms with Crippen molar-refractivity contribution >= 4 is 5.91 Å². The van der Waals surface area contributed by atoms with Crippen LogP contribution in [-0.4, -0.2) is 39.7 Å². The van der Waals surface area contributed by atoms with Crippen LogP contribution in [0.5, 0.6) is 0 Å². The minimum atomic E-state index is -0.334. The van der Waals surface area contributed by atoms with Gasteiger partial charge in [0.2, 0.25) is 0 Å². The SMILES string of the molecule is CCn1c(C)cc(C(=O)N2CCC([C@@H](O)Cc3ccccc3)CC2)c1C. The lowest BCUT2D eigenvalue weighted by molar-refractivity contribution is 0.0467. The van der Waals surface area contributed by atoms with E-state index in [1.54, 1.807) is 0 Å². The summed E-state index contributed by atoms with van der Waals surface area (Å²) in [6.07, 6.45) is 2.09. The average molecular weight is 354 g/mol. The lowest BCUT2D eigenvalue weighted by atomic mass is 9.87. The van der Waals surface area contributed by atoms with Crippen molar-refractivity contribution in [2.45, 2.75) is 52.7 Å². The number of hydrogen-bond acceptors (Lipinski definition) is 2. The Balaban J connectivity index is 1.59. The van der Waals surface area contributed by atoms with Crippen LogP contribution in [-0.2, 0) is 13.0 Å². The molecule has 1 aliphatic rings. The van der Waals surface area contributed by atoms with Crippen molar-refractivity contribution in [3.8, 4) is 0 Å². The van der Waals surface area contributed by atoms with Crippen LogP contribution in [0.2, 0.25) is 0 Å². The fraction of sp³-hybridized carbons (Fsp3) is 0.500. The normalized spacial score (nSPS) is 16.7. The molecule has 0 aliphatic carbocycles. The van der Waals surface area contributed by atoms with E-state index in [0.29, 0.717) is 6.42 Å². The molecule has 1 aromatic carbocycles. The highest BCUT2D eigenvalue weighted by atomic mass is 16.3. The fourth-order valence-electron chi connectivity index (χ4n) is 4.18. The van der Waals surface area contributed by atoms with Crippen molar-refractivity contribution in [3.63, 3.8) is 0 Å². The fourth-order valence-corrected chi connectivity index (χ4v) is 4.18. The van der Waals surface area contributed by atoms with Gasteiger partial charge in [0.05, 0.1) is 11.7 Å². The van der Waals surface area contributed by atoms with E-state index in [1.807, 2.05) is 36.1 Å². The molecule has 0 spiro atoms. The molecule has 4 heteroatoms. The van der Waals surface area contributed by atoms with Crippen LogP contribution in [0.3, 0.4) is 0 Å². The molecule has 1 saturated heterocycles. The van der Waals surface area contributed by atoms with Crippen molar-refractivity contribution in [1.82, 2.24) is 9.47 Å². The molecule has 1 N–H and O–H groups in total. The molecule has 1 atom stereocenters. The van der Waals surface area contributed by atoms with E-state index in [1.165, 1.54) is 5.56 Å². The zero-order valence-corrected chi connectivity index (χ0v) is 16.1. The van der Waals surface area contributed by atoms with Gasteiger partial charge in [0, 0.05) is 31.0 Å². The van der Waals surface area contributed by atoms with Gasteiger partial charge in [-0.15, -0.1) is 0 Å². The Hall–Kier alpha value is -2.07. The summed E-state index contributed by atoms with van der Waals surface area (Å²) in [6, 6.07) is 12.1. The molecule has 26 heavy (non-hydrogen) atoms. The second-order valence-electron chi connectivity index (χ2n) is 7.42. The van der Waals surface area contributed by atoms with Gasteiger partial charge in [-0.3, -0.25) is 4.79 Å². The van der Waals surface area contributed by atoms with Crippen molar-refractivity contribution in [2.75, 3.05) is 13.1 Å². The smallest absolute Gasteiger partial charge is 0.255 e. The third kappa shape index (κ3) is 3.85. The number of hydrogen-bond donors (Lipinski definition) is 1. The number of rotatable bonds is 5. The summed E-state index contributed by atoms with van der Waals surface area (Å²) in [5, 5.41) is 10.6. The highest BCUT2D eigenvalue weighted by Gasteiger charge is 2.29. The molecule has 0 unspecified atom stereocenters. The molecule has 0 bridgehead atoms. The van der Waals surface area contributed by atoms with Crippen LogP contribution < -0.4 is 0 Å². The van der Waals surface area contributed by atoms with Gasteiger partial charge in [0.1, 0.15) is 0 Å². The predicted octanol–water partition coefficient (Wildman–Crippen LogP) is 3.58. The Labute approximate surface area is 156 Å². The van der Waals surface area contributed by atoms with Gasteiger partial charge >= 0.3 is 0 Å². The van der Waals surface area contributed by atoms with Crippen molar-refractivity contribution in [1.29, 1.82) is 0 Å². The number of aromatic nitrogens is 1. The summed E-state index contributed by atoms with van der Waals surface area (Å²) in [5.41, 5.74) is 4.20. The van der Waals surface area contributed by atoms with E-state index in [9.17, 15) is 9.90 Å². The second-order valence-corrected chi connectivity index (χ2v) is 7.42. The molecular formula is C22H30N2O2. The van der Waals surface area contributed by atoms with Crippen LogP contribution in [0.25, 0.3) is 0 Å². The Morgan fingerprint density at radius 1 is 1.19 bits per heavy atom. The van der Waals surface area contributed by atoms with Crippen molar-refractivity contribution in [2.24, 2.45) is 5.92 Å². The first-order valence-corrected chi connectivity index (χ1v) is 9.69. The Bertz CT molecular complexity index is 743. The lowest BCUT2D eigenvalue weighted by Crippen LogP contribution is -2.41. The van der Waals surface area contributed by atoms with E-state index in [4.69, 9.17) is 0 Å². The highest BCUT2D eigenvalue weighted by Crippen LogP contribution is 2.25. The number of amides is 1. The summed E-state index contributed by atoms with van der Waals surface area (Å²) >= 11 is 0. The van der Waals surface area contributed by atoms with Gasteiger partial charge in [0.25, 0.3) is 5.91 Å². The first-order valence-electron chi connectivity index (χ1n) is 9.69. The molecule has 4 nitrogen and oxygen atoms in total. The van der Waals surface area contributed by atoms with Gasteiger partial charge in [-0.2, -0.15) is 0 Å². The lowest BCUT2D eigenvalue weighted by Gasteiger charge is -2.34. The predicted molar refractivity (Wildman–Crippen MR) is 104 cm³/mol. The third-order valence-corrected chi connectivity index (χ3v) is 5.78. The van der Waals surface area contributed by atoms with Crippen LogP contribution in [0, 0.1) is 19.8 Å². The molecule has 2 heterocycles. The minimum absolute atomic E-state index is 0.133. The average Bonchev–Trinajstić information content (AvgIpc) is 2.95. The molecule has 1 aliphatic heterocycles. The van der Waals surface area contributed by atoms with E-state index >= 15 is 0 Å². The monoisotopic (exact) mass is 354 g/mol. The van der Waals surface area contributed by atoms with Gasteiger partial charge in [0.15, 0.2) is 0 Å². The topological polar surface area (TPSA) is 45.5 Å². The Morgan fingerprint density at radius 2 is 1.85 bits per heavy atom. The number of carbonyl (C=O) groups excluding carboxylic acids is 1. The van der Waals surface area contributed by atoms with Gasteiger partial charge in [-0.25, -0.2) is 0 Å². The first-order chi connectivity index (χ1) is 12.5. The Morgan fingerprint density at radius 3 is 2.42 bits per heavy atom. The van der Waals surface area contributed by atoms with Crippen molar-refractivity contribution in [3.05, 3.63) is 58.9 Å². The quantitative estimate of drug-likeness (QED) is 0.892. The molecule has 1 fully saturated rings. The van der Waals surface area contributed by atoms with E-state index in [2.05, 4.69) is 30.5 Å². The summed E-state index contributed by atoms with van der Waals surface area (Å²) in [4.78, 5) is 14.9. The number of piperidine rings is 1. The van der Waals surface area contributed by atoms with E-state index < -0.39 is 0 Å². The molecule has 140 valence electrons. The van der Waals surface area contributed by atoms with Gasteiger partial charge < -0.3 is 14.6 Å². The van der Waals surface area contributed by atoms with Crippen LogP contribution in [0.4, 0.5) is 0 Å². The maximum Gasteiger partial charge on any atom is 0.255 e. The number of likely N-dealkylation sites (tertiary alicyclic amines) is 1. The van der Waals surface area contributed by atoms with Crippen LogP contribution in [0.1, 0.15) is 47.1 Å². The molecule has 0 saturated carbocycles. The zero-order valence-electron chi connectivity index (χ0n) is 16.1. The zero-order chi connectivity index (χ0) is 18.7. The largest absolute Gasteiger partial charge is 0.392 e. The number of benzene rings is 1. The molecule has 3 rings (SSSR count). The summed E-state index contributed by atoms with van der Waals surface area (Å²) < 4.78 is 2.18. The summed E-state index contributed by atoms with van der Waals surface area (Å²) in [7, 11) is 0. The van der Waals surface area contributed by atoms with Gasteiger partial charge in [-0.1, -0.05) is 30.3 Å². The number of carbonyl (C=O) groups is 1. The summed E-state index contributed by atoms with van der Waals surface area (Å²) in [6.45, 7) is 8.53. The number of aliphatic hydroxyl groups excluding tert-OH is 1. The third-order valence-electron chi connectivity index (χ3n) is 5.78. The molecule has 1 aromatic heterocycles. The maximum atomic E-state index is 12.9.